The first-order valence-corrected chi connectivity index (χ1v) is 8.82. The van der Waals surface area contributed by atoms with Gasteiger partial charge in [0.15, 0.2) is 0 Å². The Labute approximate surface area is 158 Å². The second-order valence-corrected chi connectivity index (χ2v) is 6.53. The van der Waals surface area contributed by atoms with Gasteiger partial charge in [-0.3, -0.25) is 4.79 Å². The maximum Gasteiger partial charge on any atom is 0.343 e. The molecule has 130 valence electrons. The normalized spacial score (nSPS) is 10.7. The van der Waals surface area contributed by atoms with Crippen LogP contribution < -0.4 is 10.2 Å². The molecule has 1 aromatic heterocycles. The number of amides is 1. The minimum absolute atomic E-state index is 0.261. The van der Waals surface area contributed by atoms with Gasteiger partial charge >= 0.3 is 5.97 Å². The molecule has 0 radical (unpaired) electrons. The first kappa shape index (κ1) is 17.8. The summed E-state index contributed by atoms with van der Waals surface area (Å²) in [5.41, 5.74) is 3.57. The van der Waals surface area contributed by atoms with Crippen LogP contribution in [0.2, 0.25) is 5.02 Å². The molecule has 0 bridgehead atoms. The van der Waals surface area contributed by atoms with Crippen molar-refractivity contribution in [2.24, 2.45) is 5.10 Å². The lowest BCUT2D eigenvalue weighted by Gasteiger charge is -2.05. The van der Waals surface area contributed by atoms with Gasteiger partial charge in [-0.15, -0.1) is 11.3 Å². The Kier molecular flexibility index (Phi) is 5.78. The summed E-state index contributed by atoms with van der Waals surface area (Å²) in [6.07, 6.45) is 1.51. The molecule has 0 saturated heterocycles. The van der Waals surface area contributed by atoms with Crippen LogP contribution in [0.1, 0.15) is 25.6 Å². The molecule has 0 aliphatic heterocycles. The van der Waals surface area contributed by atoms with E-state index in [1.54, 1.807) is 60.7 Å². The Morgan fingerprint density at radius 2 is 1.88 bits per heavy atom. The van der Waals surface area contributed by atoms with Crippen LogP contribution in [0.3, 0.4) is 0 Å². The van der Waals surface area contributed by atoms with Gasteiger partial charge in [-0.2, -0.15) is 5.10 Å². The van der Waals surface area contributed by atoms with E-state index in [0.717, 1.165) is 5.56 Å². The highest BCUT2D eigenvalue weighted by Crippen LogP contribution is 2.16. The Balaban J connectivity index is 1.57. The molecule has 0 fully saturated rings. The predicted molar refractivity (Wildman–Crippen MR) is 102 cm³/mol. The zero-order chi connectivity index (χ0) is 18.4. The lowest BCUT2D eigenvalue weighted by Crippen LogP contribution is -2.16. The van der Waals surface area contributed by atoms with Crippen LogP contribution >= 0.6 is 22.9 Å². The molecule has 0 aliphatic rings. The Morgan fingerprint density at radius 3 is 2.58 bits per heavy atom. The third kappa shape index (κ3) is 4.78. The third-order valence-electron chi connectivity index (χ3n) is 3.28. The Bertz CT molecular complexity index is 938. The summed E-state index contributed by atoms with van der Waals surface area (Å²) in [5.74, 6) is -0.352. The van der Waals surface area contributed by atoms with Crippen molar-refractivity contribution in [3.63, 3.8) is 0 Å². The van der Waals surface area contributed by atoms with E-state index in [1.165, 1.54) is 17.6 Å². The summed E-state index contributed by atoms with van der Waals surface area (Å²) < 4.78 is 5.29. The molecule has 7 heteroatoms. The van der Waals surface area contributed by atoms with Gasteiger partial charge in [0.05, 0.1) is 16.7 Å². The molecule has 26 heavy (non-hydrogen) atoms. The monoisotopic (exact) mass is 384 g/mol. The second kappa shape index (κ2) is 8.42. The number of ether oxygens (including phenoxy) is 1. The Hall–Kier alpha value is -2.96. The van der Waals surface area contributed by atoms with Gasteiger partial charge < -0.3 is 4.74 Å². The van der Waals surface area contributed by atoms with E-state index in [4.69, 9.17) is 16.3 Å². The molecule has 0 spiro atoms. The molecule has 1 amide bonds. The standard InChI is InChI=1S/C19H13ClN2O3S/c20-15-4-1-3-14(11-15)19(24)25-16-8-6-13(7-9-16)12-21-22-18(23)17-5-2-10-26-17/h1-12H,(H,22,23). The van der Waals surface area contributed by atoms with E-state index in [9.17, 15) is 9.59 Å². The summed E-state index contributed by atoms with van der Waals surface area (Å²) in [6, 6.07) is 16.8. The maximum absolute atomic E-state index is 12.1. The summed E-state index contributed by atoms with van der Waals surface area (Å²) in [4.78, 5) is 24.4. The number of nitrogens with zero attached hydrogens (tertiary/aromatic N) is 1. The molecule has 2 aromatic carbocycles. The number of hydrazone groups is 1. The van der Waals surface area contributed by atoms with E-state index in [-0.39, 0.29) is 5.91 Å². The number of thiophene rings is 1. The number of carbonyl (C=O) groups excluding carboxylic acids is 2. The number of carbonyl (C=O) groups is 2. The molecule has 0 aliphatic carbocycles. The predicted octanol–water partition coefficient (Wildman–Crippen LogP) is 4.38. The van der Waals surface area contributed by atoms with Crippen molar-refractivity contribution in [2.75, 3.05) is 0 Å². The number of halogens is 1. The number of esters is 1. The summed E-state index contributed by atoms with van der Waals surface area (Å²) in [5, 5.41) is 6.19. The molecular weight excluding hydrogens is 372 g/mol. The largest absolute Gasteiger partial charge is 0.423 e. The molecule has 3 aromatic rings. The molecule has 5 nitrogen and oxygen atoms in total. The molecule has 0 saturated carbocycles. The summed E-state index contributed by atoms with van der Waals surface area (Å²) in [6.45, 7) is 0. The smallest absolute Gasteiger partial charge is 0.343 e. The van der Waals surface area contributed by atoms with E-state index in [1.807, 2.05) is 5.38 Å². The van der Waals surface area contributed by atoms with Crippen LogP contribution in [-0.2, 0) is 0 Å². The molecular formula is C19H13ClN2O3S. The number of rotatable bonds is 5. The average molecular weight is 385 g/mol. The Morgan fingerprint density at radius 1 is 1.08 bits per heavy atom. The fourth-order valence-corrected chi connectivity index (χ4v) is 2.84. The lowest BCUT2D eigenvalue weighted by atomic mass is 10.2. The summed E-state index contributed by atoms with van der Waals surface area (Å²) in [7, 11) is 0. The van der Waals surface area contributed by atoms with Crippen LogP contribution in [0.5, 0.6) is 5.75 Å². The maximum atomic E-state index is 12.1. The number of hydrogen-bond donors (Lipinski definition) is 1. The van der Waals surface area contributed by atoms with Crippen molar-refractivity contribution in [3.05, 3.63) is 87.1 Å². The first-order chi connectivity index (χ1) is 12.6. The van der Waals surface area contributed by atoms with Crippen LogP contribution in [0, 0.1) is 0 Å². The third-order valence-corrected chi connectivity index (χ3v) is 4.38. The highest BCUT2D eigenvalue weighted by atomic mass is 35.5. The van der Waals surface area contributed by atoms with Crippen molar-refractivity contribution >= 4 is 41.0 Å². The quantitative estimate of drug-likeness (QED) is 0.307. The van der Waals surface area contributed by atoms with Gasteiger partial charge in [-0.1, -0.05) is 23.7 Å². The number of benzene rings is 2. The van der Waals surface area contributed by atoms with Gasteiger partial charge in [0.25, 0.3) is 5.91 Å². The number of hydrogen-bond acceptors (Lipinski definition) is 5. The average Bonchev–Trinajstić information content (AvgIpc) is 3.18. The fourth-order valence-electron chi connectivity index (χ4n) is 2.03. The van der Waals surface area contributed by atoms with E-state index >= 15 is 0 Å². The van der Waals surface area contributed by atoms with Crippen LogP contribution in [-0.4, -0.2) is 18.1 Å². The van der Waals surface area contributed by atoms with E-state index < -0.39 is 5.97 Å². The summed E-state index contributed by atoms with van der Waals surface area (Å²) >= 11 is 7.21. The zero-order valence-corrected chi connectivity index (χ0v) is 15.0. The molecule has 3 rings (SSSR count). The molecule has 0 atom stereocenters. The minimum Gasteiger partial charge on any atom is -0.423 e. The van der Waals surface area contributed by atoms with E-state index in [2.05, 4.69) is 10.5 Å². The molecule has 1 heterocycles. The highest BCUT2D eigenvalue weighted by Gasteiger charge is 2.09. The molecule has 1 N–H and O–H groups in total. The second-order valence-electron chi connectivity index (χ2n) is 5.15. The minimum atomic E-state index is -0.489. The van der Waals surface area contributed by atoms with Crippen molar-refractivity contribution in [3.8, 4) is 5.75 Å². The van der Waals surface area contributed by atoms with Gasteiger partial charge in [0.1, 0.15) is 5.75 Å². The van der Waals surface area contributed by atoms with Gasteiger partial charge in [0, 0.05) is 5.02 Å². The first-order valence-electron chi connectivity index (χ1n) is 7.56. The SMILES string of the molecule is O=C(Oc1ccc(C=NNC(=O)c2cccs2)cc1)c1cccc(Cl)c1. The fraction of sp³-hybridized carbons (Fsp3) is 0. The highest BCUT2D eigenvalue weighted by molar-refractivity contribution is 7.12. The number of nitrogens with one attached hydrogen (secondary N) is 1. The van der Waals surface area contributed by atoms with Crippen molar-refractivity contribution in [1.82, 2.24) is 5.43 Å². The topological polar surface area (TPSA) is 67.8 Å². The van der Waals surface area contributed by atoms with Crippen LogP contribution in [0.15, 0.2) is 71.1 Å². The van der Waals surface area contributed by atoms with Crippen LogP contribution in [0.25, 0.3) is 0 Å². The van der Waals surface area contributed by atoms with Crippen molar-refractivity contribution in [1.29, 1.82) is 0 Å². The lowest BCUT2D eigenvalue weighted by molar-refractivity contribution is 0.0734. The van der Waals surface area contributed by atoms with Gasteiger partial charge in [-0.25, -0.2) is 10.2 Å². The zero-order valence-electron chi connectivity index (χ0n) is 13.4. The van der Waals surface area contributed by atoms with Crippen molar-refractivity contribution < 1.29 is 14.3 Å². The van der Waals surface area contributed by atoms with E-state index in [0.29, 0.717) is 21.2 Å². The van der Waals surface area contributed by atoms with Gasteiger partial charge in [0.2, 0.25) is 0 Å². The molecule has 0 unspecified atom stereocenters. The van der Waals surface area contributed by atoms with Crippen LogP contribution in [0.4, 0.5) is 0 Å². The van der Waals surface area contributed by atoms with Crippen molar-refractivity contribution in [2.45, 2.75) is 0 Å². The van der Waals surface area contributed by atoms with Gasteiger partial charge in [-0.05, 0) is 59.5 Å².